The number of aromatic nitrogens is 1. The summed E-state index contributed by atoms with van der Waals surface area (Å²) in [4.78, 5) is 16.5. The Bertz CT molecular complexity index is 537. The SMILES string of the molecule is COc1cccc(NC(=O)c2cnc(C)s2)c1. The van der Waals surface area contributed by atoms with Gasteiger partial charge in [0.2, 0.25) is 0 Å². The van der Waals surface area contributed by atoms with Crippen LogP contribution < -0.4 is 10.1 Å². The molecule has 0 saturated heterocycles. The van der Waals surface area contributed by atoms with Crippen LogP contribution in [0, 0.1) is 6.92 Å². The number of benzene rings is 1. The quantitative estimate of drug-likeness (QED) is 0.908. The summed E-state index contributed by atoms with van der Waals surface area (Å²) in [6.07, 6.45) is 1.58. The maximum absolute atomic E-state index is 11.8. The lowest BCUT2D eigenvalue weighted by molar-refractivity contribution is 0.103. The molecule has 0 unspecified atom stereocenters. The van der Waals surface area contributed by atoms with Gasteiger partial charge in [-0.2, -0.15) is 0 Å². The number of anilines is 1. The van der Waals surface area contributed by atoms with Gasteiger partial charge >= 0.3 is 0 Å². The van der Waals surface area contributed by atoms with Gasteiger partial charge in [-0.05, 0) is 19.1 Å². The van der Waals surface area contributed by atoms with Crippen molar-refractivity contribution in [2.75, 3.05) is 12.4 Å². The lowest BCUT2D eigenvalue weighted by Gasteiger charge is -2.05. The summed E-state index contributed by atoms with van der Waals surface area (Å²) in [6, 6.07) is 7.24. The maximum Gasteiger partial charge on any atom is 0.267 e. The first-order valence-electron chi connectivity index (χ1n) is 5.07. The summed E-state index contributed by atoms with van der Waals surface area (Å²) in [5, 5.41) is 3.67. The zero-order chi connectivity index (χ0) is 12.3. The van der Waals surface area contributed by atoms with Crippen LogP contribution in [0.25, 0.3) is 0 Å². The van der Waals surface area contributed by atoms with Gasteiger partial charge in [0.15, 0.2) is 0 Å². The van der Waals surface area contributed by atoms with Crippen LogP contribution in [-0.4, -0.2) is 18.0 Å². The molecule has 0 atom stereocenters. The highest BCUT2D eigenvalue weighted by Gasteiger charge is 2.09. The third-order valence-corrected chi connectivity index (χ3v) is 3.08. The molecule has 88 valence electrons. The molecule has 17 heavy (non-hydrogen) atoms. The Labute approximate surface area is 103 Å². The number of carbonyl (C=O) groups excluding carboxylic acids is 1. The van der Waals surface area contributed by atoms with E-state index in [1.54, 1.807) is 19.4 Å². The second-order valence-electron chi connectivity index (χ2n) is 3.43. The summed E-state index contributed by atoms with van der Waals surface area (Å²) < 4.78 is 5.09. The van der Waals surface area contributed by atoms with Crippen LogP contribution in [0.2, 0.25) is 0 Å². The summed E-state index contributed by atoms with van der Waals surface area (Å²) in [6.45, 7) is 1.87. The Morgan fingerprint density at radius 2 is 2.29 bits per heavy atom. The van der Waals surface area contributed by atoms with Crippen molar-refractivity contribution in [1.29, 1.82) is 0 Å². The highest BCUT2D eigenvalue weighted by Crippen LogP contribution is 2.19. The first kappa shape index (κ1) is 11.6. The number of rotatable bonds is 3. The van der Waals surface area contributed by atoms with Crippen molar-refractivity contribution < 1.29 is 9.53 Å². The van der Waals surface area contributed by atoms with Gasteiger partial charge in [0.25, 0.3) is 5.91 Å². The van der Waals surface area contributed by atoms with E-state index in [-0.39, 0.29) is 5.91 Å². The highest BCUT2D eigenvalue weighted by molar-refractivity contribution is 7.13. The van der Waals surface area contributed by atoms with Crippen molar-refractivity contribution in [3.63, 3.8) is 0 Å². The molecule has 0 bridgehead atoms. The third-order valence-electron chi connectivity index (χ3n) is 2.17. The number of thiazole rings is 1. The van der Waals surface area contributed by atoms with Gasteiger partial charge in [0.1, 0.15) is 10.6 Å². The lowest BCUT2D eigenvalue weighted by atomic mass is 10.3. The summed E-state index contributed by atoms with van der Waals surface area (Å²) in [7, 11) is 1.59. The second-order valence-corrected chi connectivity index (χ2v) is 4.66. The Hall–Kier alpha value is -1.88. The van der Waals surface area contributed by atoms with Gasteiger partial charge in [0, 0.05) is 11.8 Å². The Kier molecular flexibility index (Phi) is 3.39. The summed E-state index contributed by atoms with van der Waals surface area (Å²) in [5.41, 5.74) is 0.709. The van der Waals surface area contributed by atoms with Crippen LogP contribution in [0.3, 0.4) is 0 Å². The zero-order valence-electron chi connectivity index (χ0n) is 9.56. The molecule has 4 nitrogen and oxygen atoms in total. The number of hydrogen-bond donors (Lipinski definition) is 1. The molecule has 1 amide bonds. The van der Waals surface area contributed by atoms with E-state index in [1.165, 1.54) is 11.3 Å². The predicted molar refractivity (Wildman–Crippen MR) is 67.8 cm³/mol. The Morgan fingerprint density at radius 1 is 1.47 bits per heavy atom. The molecule has 0 aliphatic heterocycles. The lowest BCUT2D eigenvalue weighted by Crippen LogP contribution is -2.10. The van der Waals surface area contributed by atoms with Gasteiger partial charge in [-0.3, -0.25) is 4.79 Å². The molecular weight excluding hydrogens is 236 g/mol. The van der Waals surface area contributed by atoms with Gasteiger partial charge in [-0.15, -0.1) is 11.3 Å². The van der Waals surface area contributed by atoms with Crippen LogP contribution in [0.1, 0.15) is 14.7 Å². The van der Waals surface area contributed by atoms with Gasteiger partial charge < -0.3 is 10.1 Å². The van der Waals surface area contributed by atoms with E-state index in [2.05, 4.69) is 10.3 Å². The van der Waals surface area contributed by atoms with E-state index in [1.807, 2.05) is 25.1 Å². The van der Waals surface area contributed by atoms with E-state index in [0.717, 1.165) is 5.01 Å². The van der Waals surface area contributed by atoms with Crippen molar-refractivity contribution >= 4 is 22.9 Å². The Balaban J connectivity index is 2.12. The molecule has 1 N–H and O–H groups in total. The van der Waals surface area contributed by atoms with E-state index in [4.69, 9.17) is 4.74 Å². The van der Waals surface area contributed by atoms with Crippen molar-refractivity contribution in [2.24, 2.45) is 0 Å². The van der Waals surface area contributed by atoms with Crippen molar-refractivity contribution in [2.45, 2.75) is 6.92 Å². The fourth-order valence-corrected chi connectivity index (χ4v) is 2.03. The maximum atomic E-state index is 11.8. The largest absolute Gasteiger partial charge is 0.497 e. The van der Waals surface area contributed by atoms with Gasteiger partial charge in [-0.25, -0.2) is 4.98 Å². The minimum Gasteiger partial charge on any atom is -0.497 e. The molecule has 5 heteroatoms. The standard InChI is InChI=1S/C12H12N2O2S/c1-8-13-7-11(17-8)12(15)14-9-4-3-5-10(6-9)16-2/h3-7H,1-2H3,(H,14,15). The first-order chi connectivity index (χ1) is 8.19. The minimum absolute atomic E-state index is 0.149. The number of nitrogens with one attached hydrogen (secondary N) is 1. The van der Waals surface area contributed by atoms with Gasteiger partial charge in [-0.1, -0.05) is 6.07 Å². The van der Waals surface area contributed by atoms with Crippen molar-refractivity contribution in [1.82, 2.24) is 4.98 Å². The monoisotopic (exact) mass is 248 g/mol. The third kappa shape index (κ3) is 2.82. The molecule has 1 aromatic heterocycles. The fourth-order valence-electron chi connectivity index (χ4n) is 1.36. The average molecular weight is 248 g/mol. The van der Waals surface area contributed by atoms with E-state index in [0.29, 0.717) is 16.3 Å². The second kappa shape index (κ2) is 4.97. The zero-order valence-corrected chi connectivity index (χ0v) is 10.4. The number of nitrogens with zero attached hydrogens (tertiary/aromatic N) is 1. The van der Waals surface area contributed by atoms with Crippen LogP contribution in [0.15, 0.2) is 30.5 Å². The van der Waals surface area contributed by atoms with Crippen molar-refractivity contribution in [3.8, 4) is 5.75 Å². The topological polar surface area (TPSA) is 51.2 Å². The highest BCUT2D eigenvalue weighted by atomic mass is 32.1. The molecule has 0 saturated carbocycles. The van der Waals surface area contributed by atoms with Gasteiger partial charge in [0.05, 0.1) is 18.3 Å². The molecule has 1 heterocycles. The number of carbonyl (C=O) groups is 1. The summed E-state index contributed by atoms with van der Waals surface area (Å²) >= 11 is 1.37. The number of hydrogen-bond acceptors (Lipinski definition) is 4. The number of aryl methyl sites for hydroxylation is 1. The molecule has 2 aromatic rings. The molecule has 0 aliphatic carbocycles. The predicted octanol–water partition coefficient (Wildman–Crippen LogP) is 2.71. The van der Waals surface area contributed by atoms with E-state index >= 15 is 0 Å². The van der Waals surface area contributed by atoms with Crippen LogP contribution in [0.5, 0.6) is 5.75 Å². The minimum atomic E-state index is -0.149. The Morgan fingerprint density at radius 3 is 2.94 bits per heavy atom. The molecule has 0 radical (unpaired) electrons. The molecule has 0 fully saturated rings. The van der Waals surface area contributed by atoms with E-state index < -0.39 is 0 Å². The summed E-state index contributed by atoms with van der Waals surface area (Å²) in [5.74, 6) is 0.562. The molecule has 2 rings (SSSR count). The van der Waals surface area contributed by atoms with Crippen LogP contribution >= 0.6 is 11.3 Å². The molecule has 0 aliphatic rings. The molecular formula is C12H12N2O2S. The van der Waals surface area contributed by atoms with Crippen LogP contribution in [-0.2, 0) is 0 Å². The number of amides is 1. The number of ether oxygens (including phenoxy) is 1. The van der Waals surface area contributed by atoms with E-state index in [9.17, 15) is 4.79 Å². The average Bonchev–Trinajstić information content (AvgIpc) is 2.76. The fraction of sp³-hybridized carbons (Fsp3) is 0.167. The van der Waals surface area contributed by atoms with Crippen LogP contribution in [0.4, 0.5) is 5.69 Å². The molecule has 0 spiro atoms. The first-order valence-corrected chi connectivity index (χ1v) is 5.88. The smallest absolute Gasteiger partial charge is 0.267 e. The molecule has 1 aromatic carbocycles. The van der Waals surface area contributed by atoms with Crippen molar-refractivity contribution in [3.05, 3.63) is 40.3 Å². The number of methoxy groups -OCH3 is 1. The normalized spacial score (nSPS) is 10.0.